The van der Waals surface area contributed by atoms with E-state index in [9.17, 15) is 4.79 Å². The number of carbonyl (C=O) groups is 1. The molecule has 0 aliphatic carbocycles. The minimum absolute atomic E-state index is 0.0986. The van der Waals surface area contributed by atoms with Crippen LogP contribution in [0.4, 0.5) is 0 Å². The highest BCUT2D eigenvalue weighted by Crippen LogP contribution is 2.24. The molecule has 0 aromatic heterocycles. The first-order valence-corrected chi connectivity index (χ1v) is 6.90. The summed E-state index contributed by atoms with van der Waals surface area (Å²) in [6.45, 7) is 3.43. The van der Waals surface area contributed by atoms with Crippen molar-refractivity contribution in [2.45, 2.75) is 25.9 Å². The molecule has 0 fully saturated rings. The quantitative estimate of drug-likeness (QED) is 0.720. The van der Waals surface area contributed by atoms with Crippen molar-refractivity contribution < 1.29 is 9.53 Å². The van der Waals surface area contributed by atoms with Gasteiger partial charge in [-0.2, -0.15) is 0 Å². The molecular formula is C14H21ClN2O2. The number of carbonyl (C=O) groups excluding carboxylic acids is 1. The van der Waals surface area contributed by atoms with Gasteiger partial charge in [0, 0.05) is 6.54 Å². The van der Waals surface area contributed by atoms with E-state index >= 15 is 0 Å². The van der Waals surface area contributed by atoms with E-state index in [4.69, 9.17) is 16.3 Å². The van der Waals surface area contributed by atoms with Crippen LogP contribution in [0.3, 0.4) is 0 Å². The van der Waals surface area contributed by atoms with Crippen LogP contribution >= 0.6 is 11.6 Å². The highest BCUT2D eigenvalue weighted by Gasteiger charge is 2.18. The summed E-state index contributed by atoms with van der Waals surface area (Å²) in [5.41, 5.74) is 0. The van der Waals surface area contributed by atoms with Crippen LogP contribution in [-0.4, -0.2) is 32.1 Å². The summed E-state index contributed by atoms with van der Waals surface area (Å²) in [6, 6.07) is 7.17. The third-order valence-corrected chi connectivity index (χ3v) is 2.98. The van der Waals surface area contributed by atoms with Gasteiger partial charge in [-0.05, 0) is 38.6 Å². The number of benzene rings is 1. The normalized spacial score (nSPS) is 11.9. The Balaban J connectivity index is 2.48. The third-order valence-electron chi connectivity index (χ3n) is 2.67. The van der Waals surface area contributed by atoms with E-state index in [1.165, 1.54) is 0 Å². The standard InChI is InChI=1S/C14H21ClN2O2/c1-3-12(14(18)17-10-6-9-16-2)19-13-8-5-4-7-11(13)15/h4-5,7-8,12,16H,3,6,9-10H2,1-2H3,(H,17,18). The van der Waals surface area contributed by atoms with Gasteiger partial charge in [-0.3, -0.25) is 4.79 Å². The predicted octanol–water partition coefficient (Wildman–Crippen LogP) is 2.22. The van der Waals surface area contributed by atoms with E-state index in [2.05, 4.69) is 10.6 Å². The van der Waals surface area contributed by atoms with Crippen molar-refractivity contribution in [3.63, 3.8) is 0 Å². The second kappa shape index (κ2) is 8.77. The van der Waals surface area contributed by atoms with E-state index in [-0.39, 0.29) is 5.91 Å². The van der Waals surface area contributed by atoms with Crippen molar-refractivity contribution in [1.82, 2.24) is 10.6 Å². The Morgan fingerprint density at radius 3 is 2.74 bits per heavy atom. The molecule has 1 aromatic rings. The van der Waals surface area contributed by atoms with Gasteiger partial charge in [0.05, 0.1) is 5.02 Å². The first-order valence-electron chi connectivity index (χ1n) is 6.52. The number of rotatable bonds is 8. The number of hydrogen-bond acceptors (Lipinski definition) is 3. The first kappa shape index (κ1) is 15.8. The lowest BCUT2D eigenvalue weighted by atomic mass is 10.2. The van der Waals surface area contributed by atoms with Gasteiger partial charge in [0.2, 0.25) is 0 Å². The van der Waals surface area contributed by atoms with Crippen molar-refractivity contribution in [3.05, 3.63) is 29.3 Å². The SMILES string of the molecule is CCC(Oc1ccccc1Cl)C(=O)NCCCNC. The molecule has 4 nitrogen and oxygen atoms in total. The molecule has 2 N–H and O–H groups in total. The summed E-state index contributed by atoms with van der Waals surface area (Å²) in [5, 5.41) is 6.41. The van der Waals surface area contributed by atoms with Crippen LogP contribution in [0.1, 0.15) is 19.8 Å². The monoisotopic (exact) mass is 284 g/mol. The summed E-state index contributed by atoms with van der Waals surface area (Å²) in [7, 11) is 1.89. The van der Waals surface area contributed by atoms with Gasteiger partial charge in [0.25, 0.3) is 5.91 Å². The molecule has 1 amide bonds. The molecule has 0 saturated heterocycles. The van der Waals surface area contributed by atoms with E-state index in [1.807, 2.05) is 26.1 Å². The zero-order chi connectivity index (χ0) is 14.1. The average Bonchev–Trinajstić information content (AvgIpc) is 2.42. The molecule has 0 radical (unpaired) electrons. The topological polar surface area (TPSA) is 50.4 Å². The number of nitrogens with one attached hydrogen (secondary N) is 2. The molecule has 0 bridgehead atoms. The molecule has 1 rings (SSSR count). The lowest BCUT2D eigenvalue weighted by Crippen LogP contribution is -2.39. The fraction of sp³-hybridized carbons (Fsp3) is 0.500. The molecule has 19 heavy (non-hydrogen) atoms. The van der Waals surface area contributed by atoms with Gasteiger partial charge < -0.3 is 15.4 Å². The van der Waals surface area contributed by atoms with Gasteiger partial charge in [0.15, 0.2) is 6.10 Å². The summed E-state index contributed by atoms with van der Waals surface area (Å²) in [4.78, 5) is 12.0. The van der Waals surface area contributed by atoms with Crippen LogP contribution in [0, 0.1) is 0 Å². The molecule has 0 aliphatic heterocycles. The maximum absolute atomic E-state index is 12.0. The minimum Gasteiger partial charge on any atom is -0.479 e. The Labute approximate surface area is 119 Å². The zero-order valence-electron chi connectivity index (χ0n) is 11.4. The maximum Gasteiger partial charge on any atom is 0.261 e. The molecule has 106 valence electrons. The van der Waals surface area contributed by atoms with Crippen molar-refractivity contribution in [2.24, 2.45) is 0 Å². The van der Waals surface area contributed by atoms with Crippen LogP contribution in [0.15, 0.2) is 24.3 Å². The van der Waals surface area contributed by atoms with Crippen molar-refractivity contribution in [1.29, 1.82) is 0 Å². The van der Waals surface area contributed by atoms with Crippen LogP contribution in [0.25, 0.3) is 0 Å². The molecule has 0 spiro atoms. The molecule has 0 aliphatic rings. The van der Waals surface area contributed by atoms with Gasteiger partial charge in [0.1, 0.15) is 5.75 Å². The molecule has 1 aromatic carbocycles. The Morgan fingerprint density at radius 2 is 2.11 bits per heavy atom. The lowest BCUT2D eigenvalue weighted by Gasteiger charge is -2.18. The molecule has 0 saturated carbocycles. The van der Waals surface area contributed by atoms with E-state index in [0.717, 1.165) is 13.0 Å². The fourth-order valence-electron chi connectivity index (χ4n) is 1.61. The van der Waals surface area contributed by atoms with Gasteiger partial charge >= 0.3 is 0 Å². The largest absolute Gasteiger partial charge is 0.479 e. The summed E-state index contributed by atoms with van der Waals surface area (Å²) in [5.74, 6) is 0.444. The van der Waals surface area contributed by atoms with E-state index in [1.54, 1.807) is 12.1 Å². The Morgan fingerprint density at radius 1 is 1.37 bits per heavy atom. The van der Waals surface area contributed by atoms with Crippen LogP contribution < -0.4 is 15.4 Å². The molecule has 1 unspecified atom stereocenters. The van der Waals surface area contributed by atoms with Crippen molar-refractivity contribution >= 4 is 17.5 Å². The fourth-order valence-corrected chi connectivity index (χ4v) is 1.79. The third kappa shape index (κ3) is 5.49. The van der Waals surface area contributed by atoms with Crippen LogP contribution in [0.2, 0.25) is 5.02 Å². The number of halogens is 1. The smallest absolute Gasteiger partial charge is 0.261 e. The van der Waals surface area contributed by atoms with Crippen molar-refractivity contribution in [2.75, 3.05) is 20.1 Å². The Bertz CT molecular complexity index is 399. The van der Waals surface area contributed by atoms with Gasteiger partial charge in [-0.25, -0.2) is 0 Å². The maximum atomic E-state index is 12.0. The molecule has 1 atom stereocenters. The molecule has 5 heteroatoms. The first-order chi connectivity index (χ1) is 9.19. The number of amides is 1. The molecule has 0 heterocycles. The second-order valence-corrected chi connectivity index (χ2v) is 4.60. The van der Waals surface area contributed by atoms with Gasteiger partial charge in [-0.1, -0.05) is 30.7 Å². The van der Waals surface area contributed by atoms with E-state index in [0.29, 0.717) is 23.7 Å². The van der Waals surface area contributed by atoms with E-state index < -0.39 is 6.10 Å². The second-order valence-electron chi connectivity index (χ2n) is 4.19. The lowest BCUT2D eigenvalue weighted by molar-refractivity contribution is -0.128. The number of para-hydroxylation sites is 1. The summed E-state index contributed by atoms with van der Waals surface area (Å²) < 4.78 is 5.65. The van der Waals surface area contributed by atoms with Crippen LogP contribution in [0.5, 0.6) is 5.75 Å². The Hall–Kier alpha value is -1.26. The molecular weight excluding hydrogens is 264 g/mol. The van der Waals surface area contributed by atoms with Gasteiger partial charge in [-0.15, -0.1) is 0 Å². The van der Waals surface area contributed by atoms with Crippen LogP contribution in [-0.2, 0) is 4.79 Å². The Kier molecular flexibility index (Phi) is 7.30. The predicted molar refractivity (Wildman–Crippen MR) is 77.7 cm³/mol. The minimum atomic E-state index is -0.505. The summed E-state index contributed by atoms with van der Waals surface area (Å²) >= 11 is 6.01. The van der Waals surface area contributed by atoms with Crippen molar-refractivity contribution in [3.8, 4) is 5.75 Å². The average molecular weight is 285 g/mol. The zero-order valence-corrected chi connectivity index (χ0v) is 12.2. The highest BCUT2D eigenvalue weighted by atomic mass is 35.5. The number of ether oxygens (including phenoxy) is 1. The number of hydrogen-bond donors (Lipinski definition) is 2. The summed E-state index contributed by atoms with van der Waals surface area (Å²) in [6.07, 6.45) is 0.989. The highest BCUT2D eigenvalue weighted by molar-refractivity contribution is 6.32.